The van der Waals surface area contributed by atoms with Crippen LogP contribution in [0.25, 0.3) is 0 Å². The molecule has 2 N–H and O–H groups in total. The standard InChI is InChI=1S/C9H15NO3/c11-5-9(6-12)7-1-3-10(4-2-7)8(9)13/h7,11-12H,1-6H2. The van der Waals surface area contributed by atoms with Gasteiger partial charge in [-0.2, -0.15) is 0 Å². The van der Waals surface area contributed by atoms with Crippen molar-refractivity contribution in [3.63, 3.8) is 0 Å². The molecule has 3 heterocycles. The zero-order chi connectivity index (χ0) is 9.47. The van der Waals surface area contributed by atoms with E-state index in [0.29, 0.717) is 0 Å². The molecule has 4 heteroatoms. The van der Waals surface area contributed by atoms with Crippen molar-refractivity contribution in [2.45, 2.75) is 12.8 Å². The molecule has 13 heavy (non-hydrogen) atoms. The highest BCUT2D eigenvalue weighted by molar-refractivity contribution is 5.85. The highest BCUT2D eigenvalue weighted by atomic mass is 16.3. The molecule has 3 aliphatic heterocycles. The number of rotatable bonds is 2. The molecule has 0 aromatic rings. The van der Waals surface area contributed by atoms with Gasteiger partial charge in [0, 0.05) is 13.1 Å². The third-order valence-corrected chi connectivity index (χ3v) is 3.55. The molecule has 0 aromatic carbocycles. The van der Waals surface area contributed by atoms with Crippen LogP contribution in [0.1, 0.15) is 12.8 Å². The van der Waals surface area contributed by atoms with Crippen molar-refractivity contribution in [1.29, 1.82) is 0 Å². The number of fused-ring (bicyclic) bond motifs is 3. The Morgan fingerprint density at radius 1 is 1.31 bits per heavy atom. The Balaban J connectivity index is 2.31. The van der Waals surface area contributed by atoms with Crippen LogP contribution in [-0.4, -0.2) is 47.3 Å². The molecule has 0 aliphatic carbocycles. The van der Waals surface area contributed by atoms with Gasteiger partial charge in [-0.3, -0.25) is 4.79 Å². The fourth-order valence-electron chi connectivity index (χ4n) is 2.57. The molecule has 3 rings (SSSR count). The first-order valence-electron chi connectivity index (χ1n) is 4.75. The highest BCUT2D eigenvalue weighted by Gasteiger charge is 2.52. The summed E-state index contributed by atoms with van der Waals surface area (Å²) in [5, 5.41) is 18.5. The van der Waals surface area contributed by atoms with E-state index in [9.17, 15) is 15.0 Å². The van der Waals surface area contributed by atoms with Gasteiger partial charge in [-0.15, -0.1) is 0 Å². The largest absolute Gasteiger partial charge is 0.395 e. The molecule has 2 bridgehead atoms. The summed E-state index contributed by atoms with van der Waals surface area (Å²) in [5.74, 6) is 0.125. The van der Waals surface area contributed by atoms with Crippen LogP contribution >= 0.6 is 0 Å². The molecule has 0 saturated carbocycles. The monoisotopic (exact) mass is 185 g/mol. The Kier molecular flexibility index (Phi) is 2.04. The van der Waals surface area contributed by atoms with Crippen molar-refractivity contribution in [3.8, 4) is 0 Å². The first kappa shape index (κ1) is 8.97. The van der Waals surface area contributed by atoms with Gasteiger partial charge in [0.1, 0.15) is 0 Å². The van der Waals surface area contributed by atoms with Gasteiger partial charge in [-0.1, -0.05) is 0 Å². The second-order valence-corrected chi connectivity index (χ2v) is 4.04. The lowest BCUT2D eigenvalue weighted by Gasteiger charge is -2.50. The second kappa shape index (κ2) is 2.96. The van der Waals surface area contributed by atoms with E-state index < -0.39 is 5.41 Å². The summed E-state index contributed by atoms with van der Waals surface area (Å²) in [4.78, 5) is 13.5. The Hall–Kier alpha value is -0.610. The maximum atomic E-state index is 11.8. The zero-order valence-electron chi connectivity index (χ0n) is 7.57. The fraction of sp³-hybridized carbons (Fsp3) is 0.889. The molecule has 0 atom stereocenters. The van der Waals surface area contributed by atoms with E-state index in [0.717, 1.165) is 25.9 Å². The summed E-state index contributed by atoms with van der Waals surface area (Å²) in [5.41, 5.74) is -0.865. The number of nitrogens with zero attached hydrogens (tertiary/aromatic N) is 1. The van der Waals surface area contributed by atoms with Crippen molar-refractivity contribution in [2.75, 3.05) is 26.3 Å². The molecule has 0 spiro atoms. The van der Waals surface area contributed by atoms with Crippen molar-refractivity contribution < 1.29 is 15.0 Å². The Labute approximate surface area is 77.2 Å². The van der Waals surface area contributed by atoms with Crippen LogP contribution < -0.4 is 0 Å². The molecular formula is C9H15NO3. The number of hydrogen-bond donors (Lipinski definition) is 2. The lowest BCUT2D eigenvalue weighted by molar-refractivity contribution is -0.168. The number of piperidine rings is 3. The summed E-state index contributed by atoms with van der Waals surface area (Å²) < 4.78 is 0. The average molecular weight is 185 g/mol. The first-order chi connectivity index (χ1) is 6.24. The van der Waals surface area contributed by atoms with Crippen LogP contribution in [0.15, 0.2) is 0 Å². The van der Waals surface area contributed by atoms with E-state index >= 15 is 0 Å². The lowest BCUT2D eigenvalue weighted by Crippen LogP contribution is -2.61. The Morgan fingerprint density at radius 2 is 1.85 bits per heavy atom. The van der Waals surface area contributed by atoms with Gasteiger partial charge in [0.25, 0.3) is 0 Å². The minimum absolute atomic E-state index is 0.0556. The number of aliphatic hydroxyl groups excluding tert-OH is 2. The third-order valence-electron chi connectivity index (χ3n) is 3.55. The van der Waals surface area contributed by atoms with E-state index in [-0.39, 0.29) is 25.0 Å². The van der Waals surface area contributed by atoms with Crippen LogP contribution in [0.5, 0.6) is 0 Å². The second-order valence-electron chi connectivity index (χ2n) is 4.04. The summed E-state index contributed by atoms with van der Waals surface area (Å²) in [7, 11) is 0. The van der Waals surface area contributed by atoms with Gasteiger partial charge < -0.3 is 15.1 Å². The first-order valence-corrected chi connectivity index (χ1v) is 4.75. The van der Waals surface area contributed by atoms with E-state index in [4.69, 9.17) is 0 Å². The van der Waals surface area contributed by atoms with Gasteiger partial charge in [0.05, 0.1) is 18.6 Å². The minimum Gasteiger partial charge on any atom is -0.395 e. The van der Waals surface area contributed by atoms with Crippen LogP contribution in [0.4, 0.5) is 0 Å². The van der Waals surface area contributed by atoms with Crippen molar-refractivity contribution in [2.24, 2.45) is 11.3 Å². The molecule has 4 nitrogen and oxygen atoms in total. The molecule has 3 aliphatic rings. The molecule has 0 radical (unpaired) electrons. The van der Waals surface area contributed by atoms with Crippen molar-refractivity contribution in [1.82, 2.24) is 4.90 Å². The molecule has 3 saturated heterocycles. The quantitative estimate of drug-likeness (QED) is 0.592. The Morgan fingerprint density at radius 3 is 2.15 bits per heavy atom. The lowest BCUT2D eigenvalue weighted by atomic mass is 9.67. The molecule has 74 valence electrons. The number of hydrogen-bond acceptors (Lipinski definition) is 3. The van der Waals surface area contributed by atoms with E-state index in [1.54, 1.807) is 4.90 Å². The number of aliphatic hydroxyl groups is 2. The zero-order valence-corrected chi connectivity index (χ0v) is 7.57. The predicted octanol–water partition coefficient (Wildman–Crippen LogP) is -0.790. The number of carbonyl (C=O) groups is 1. The van der Waals surface area contributed by atoms with Crippen LogP contribution in [0, 0.1) is 11.3 Å². The van der Waals surface area contributed by atoms with Crippen LogP contribution in [0.2, 0.25) is 0 Å². The van der Waals surface area contributed by atoms with Crippen molar-refractivity contribution in [3.05, 3.63) is 0 Å². The normalized spacial score (nSPS) is 26.9. The summed E-state index contributed by atoms with van der Waals surface area (Å²) in [6.45, 7) is 1.16. The molecule has 3 fully saturated rings. The molecule has 0 unspecified atom stereocenters. The predicted molar refractivity (Wildman–Crippen MR) is 45.9 cm³/mol. The smallest absolute Gasteiger partial charge is 0.233 e. The van der Waals surface area contributed by atoms with Gasteiger partial charge in [-0.05, 0) is 18.8 Å². The fourth-order valence-corrected chi connectivity index (χ4v) is 2.57. The van der Waals surface area contributed by atoms with E-state index in [1.807, 2.05) is 0 Å². The topological polar surface area (TPSA) is 60.8 Å². The Bertz CT molecular complexity index is 217. The van der Waals surface area contributed by atoms with E-state index in [2.05, 4.69) is 0 Å². The minimum atomic E-state index is -0.865. The average Bonchev–Trinajstić information content (AvgIpc) is 2.21. The third kappa shape index (κ3) is 1.02. The maximum absolute atomic E-state index is 11.8. The summed E-state index contributed by atoms with van der Waals surface area (Å²) in [6, 6.07) is 0. The van der Waals surface area contributed by atoms with E-state index in [1.165, 1.54) is 0 Å². The van der Waals surface area contributed by atoms with Crippen LogP contribution in [-0.2, 0) is 4.79 Å². The highest BCUT2D eigenvalue weighted by Crippen LogP contribution is 2.42. The number of amides is 1. The summed E-state index contributed by atoms with van der Waals surface area (Å²) in [6.07, 6.45) is 1.85. The molecule has 1 amide bonds. The van der Waals surface area contributed by atoms with Gasteiger partial charge >= 0.3 is 0 Å². The van der Waals surface area contributed by atoms with Gasteiger partial charge in [0.2, 0.25) is 5.91 Å². The maximum Gasteiger partial charge on any atom is 0.233 e. The van der Waals surface area contributed by atoms with Gasteiger partial charge in [0.15, 0.2) is 0 Å². The summed E-state index contributed by atoms with van der Waals surface area (Å²) >= 11 is 0. The molecule has 0 aromatic heterocycles. The van der Waals surface area contributed by atoms with Crippen LogP contribution in [0.3, 0.4) is 0 Å². The van der Waals surface area contributed by atoms with Gasteiger partial charge in [-0.25, -0.2) is 0 Å². The molecular weight excluding hydrogens is 170 g/mol. The SMILES string of the molecule is O=C1N2CCC(CC2)C1(CO)CO. The van der Waals surface area contributed by atoms with Crippen molar-refractivity contribution >= 4 is 5.91 Å². The number of carbonyl (C=O) groups excluding carboxylic acids is 1.